The van der Waals surface area contributed by atoms with E-state index in [0.717, 1.165) is 66.4 Å². The van der Waals surface area contributed by atoms with E-state index in [9.17, 15) is 25.2 Å². The second-order valence-corrected chi connectivity index (χ2v) is 15.9. The monoisotopic (exact) mass is 817 g/mol. The molecule has 2 aliphatic heterocycles. The number of hydrogen-bond acceptors (Lipinski definition) is 14. The first kappa shape index (κ1) is 41.5. The van der Waals surface area contributed by atoms with Crippen LogP contribution in [0.15, 0.2) is 36.4 Å². The predicted molar refractivity (Wildman–Crippen MR) is 221 cm³/mol. The lowest BCUT2D eigenvalue weighted by atomic mass is 10.0. The van der Waals surface area contributed by atoms with Gasteiger partial charge in [-0.3, -0.25) is 9.69 Å². The fraction of sp³-hybridized carbons (Fsp3) is 0.579. The second kappa shape index (κ2) is 20.3. The number of amides is 1. The highest BCUT2D eigenvalue weighted by atomic mass is 35.5. The Kier molecular flexibility index (Phi) is 15.3. The van der Waals surface area contributed by atoms with Crippen molar-refractivity contribution in [2.75, 3.05) is 109 Å². The van der Waals surface area contributed by atoms with Crippen LogP contribution in [-0.2, 0) is 17.8 Å². The number of thioether (sulfide) groups is 1. The molecule has 3 aliphatic rings. The molecule has 2 fully saturated rings. The van der Waals surface area contributed by atoms with Crippen molar-refractivity contribution in [1.82, 2.24) is 19.9 Å². The van der Waals surface area contributed by atoms with Crippen LogP contribution in [0.25, 0.3) is 0 Å². The van der Waals surface area contributed by atoms with Gasteiger partial charge in [0, 0.05) is 80.1 Å². The van der Waals surface area contributed by atoms with Gasteiger partial charge in [0.25, 0.3) is 0 Å². The molecule has 1 atom stereocenters. The van der Waals surface area contributed by atoms with Crippen molar-refractivity contribution >= 4 is 70.1 Å². The summed E-state index contributed by atoms with van der Waals surface area (Å²) < 4.78 is 0. The Morgan fingerprint density at radius 2 is 1.44 bits per heavy atom. The van der Waals surface area contributed by atoms with E-state index in [4.69, 9.17) is 23.2 Å². The number of fused-ring (bicyclic) bond motifs is 1. The van der Waals surface area contributed by atoms with Gasteiger partial charge >= 0.3 is 0 Å². The maximum atomic E-state index is 14.1. The summed E-state index contributed by atoms with van der Waals surface area (Å²) >= 11 is 15.5. The van der Waals surface area contributed by atoms with Crippen molar-refractivity contribution in [3.63, 3.8) is 0 Å². The first-order chi connectivity index (χ1) is 26.8. The van der Waals surface area contributed by atoms with Gasteiger partial charge in [0.1, 0.15) is 0 Å². The van der Waals surface area contributed by atoms with Crippen LogP contribution in [0.1, 0.15) is 43.2 Å². The number of aliphatic hydroxyl groups excluding tert-OH is 4. The smallest absolute Gasteiger partial charge is 0.245 e. The number of aryl methyl sites for hydroxylation is 1. The molecule has 1 saturated carbocycles. The van der Waals surface area contributed by atoms with Crippen LogP contribution in [0.3, 0.4) is 0 Å². The predicted octanol–water partition coefficient (Wildman–Crippen LogP) is 3.48. The van der Waals surface area contributed by atoms with Crippen LogP contribution in [0.2, 0.25) is 10.0 Å². The van der Waals surface area contributed by atoms with E-state index in [1.165, 1.54) is 12.8 Å². The zero-order valence-corrected chi connectivity index (χ0v) is 33.5. The standard InChI is InChI=1S/C38H53Cl2N9O5S/c39-30-23-28(24-47-26-55-25-34(47)35(54)49-13-12-48(29-9-10-29)32-7-3-4-8-33(32)49)31(40)22-27(30)6-2-1-5-11-41-36-42-37(45(14-18-50)15-19-51)44-38(43-36)46(16-20-52)17-21-53/h3-4,7-8,22-23,29,34,50-53H,1-2,5-6,9-21,24-26H2,(H,41,42,43,44). The number of nitrogens with one attached hydrogen (secondary N) is 1. The van der Waals surface area contributed by atoms with Gasteiger partial charge in [0.05, 0.1) is 43.8 Å². The van der Waals surface area contributed by atoms with E-state index in [2.05, 4.69) is 48.3 Å². The topological polar surface area (TPSA) is 165 Å². The second-order valence-electron chi connectivity index (χ2n) is 14.1. The quantitative estimate of drug-likeness (QED) is 0.0993. The number of nitrogens with zero attached hydrogens (tertiary/aromatic N) is 8. The molecule has 3 aromatic rings. The Bertz CT molecular complexity index is 1680. The molecule has 14 nitrogen and oxygen atoms in total. The Balaban J connectivity index is 1.02. The molecular formula is C38H53Cl2N9O5S. The molecule has 300 valence electrons. The molecule has 1 aromatic heterocycles. The molecule has 2 aromatic carbocycles. The van der Waals surface area contributed by atoms with E-state index in [1.54, 1.807) is 21.6 Å². The van der Waals surface area contributed by atoms with Crippen molar-refractivity contribution in [1.29, 1.82) is 0 Å². The Morgan fingerprint density at radius 1 is 0.818 bits per heavy atom. The van der Waals surface area contributed by atoms with Crippen molar-refractivity contribution in [2.45, 2.75) is 57.2 Å². The maximum Gasteiger partial charge on any atom is 0.245 e. The minimum absolute atomic E-state index is 0.147. The number of carbonyl (C=O) groups excluding carboxylic acids is 1. The highest BCUT2D eigenvalue weighted by Crippen LogP contribution is 2.41. The molecular weight excluding hydrogens is 765 g/mol. The zero-order valence-electron chi connectivity index (χ0n) is 31.2. The fourth-order valence-electron chi connectivity index (χ4n) is 7.22. The number of unbranched alkanes of at least 4 members (excludes halogenated alkanes) is 2. The van der Waals surface area contributed by atoms with E-state index < -0.39 is 0 Å². The van der Waals surface area contributed by atoms with Gasteiger partial charge in [-0.25, -0.2) is 0 Å². The Labute approximate surface area is 337 Å². The third kappa shape index (κ3) is 10.6. The number of benzene rings is 2. The molecule has 0 spiro atoms. The molecule has 17 heteroatoms. The highest BCUT2D eigenvalue weighted by Gasteiger charge is 2.40. The lowest BCUT2D eigenvalue weighted by molar-refractivity contribution is -0.122. The number of anilines is 5. The van der Waals surface area contributed by atoms with Gasteiger partial charge in [0.15, 0.2) is 0 Å². The van der Waals surface area contributed by atoms with Crippen LogP contribution in [0.5, 0.6) is 0 Å². The van der Waals surface area contributed by atoms with Gasteiger partial charge in [0.2, 0.25) is 23.8 Å². The van der Waals surface area contributed by atoms with E-state index in [0.29, 0.717) is 41.7 Å². The summed E-state index contributed by atoms with van der Waals surface area (Å²) in [6.45, 7) is 3.01. The molecule has 5 N–H and O–H groups in total. The van der Waals surface area contributed by atoms with Gasteiger partial charge in [-0.2, -0.15) is 15.0 Å². The third-order valence-corrected chi connectivity index (χ3v) is 12.0. The summed E-state index contributed by atoms with van der Waals surface area (Å²) in [5.74, 6) is 2.54. The SMILES string of the molecule is O=C(C1CSCN1Cc1cc(Cl)c(CCCCCNc2nc(N(CCO)CCO)nc(N(CCO)CCO)n2)cc1Cl)N1CCN(C2CC2)c2ccccc21. The third-order valence-electron chi connectivity index (χ3n) is 10.2. The number of halogens is 2. The molecule has 1 aliphatic carbocycles. The Morgan fingerprint density at radius 3 is 2.07 bits per heavy atom. The number of aromatic nitrogens is 3. The molecule has 6 rings (SSSR count). The summed E-state index contributed by atoms with van der Waals surface area (Å²) in [6.07, 6.45) is 5.83. The minimum atomic E-state index is -0.232. The summed E-state index contributed by atoms with van der Waals surface area (Å²) in [5.41, 5.74) is 4.08. The van der Waals surface area contributed by atoms with Gasteiger partial charge in [-0.05, 0) is 67.5 Å². The number of para-hydroxylation sites is 2. The normalized spacial score (nSPS) is 17.1. The van der Waals surface area contributed by atoms with E-state index >= 15 is 0 Å². The summed E-state index contributed by atoms with van der Waals surface area (Å²) in [4.78, 5) is 37.6. The van der Waals surface area contributed by atoms with Gasteiger partial charge in [-0.1, -0.05) is 41.8 Å². The van der Waals surface area contributed by atoms with Crippen LogP contribution in [0.4, 0.5) is 29.2 Å². The lowest BCUT2D eigenvalue weighted by Gasteiger charge is -2.39. The first-order valence-corrected chi connectivity index (χ1v) is 21.1. The fourth-order valence-corrected chi connectivity index (χ4v) is 8.93. The van der Waals surface area contributed by atoms with Crippen molar-refractivity contribution in [2.24, 2.45) is 0 Å². The van der Waals surface area contributed by atoms with E-state index in [-0.39, 0.29) is 76.5 Å². The molecule has 1 unspecified atom stereocenters. The van der Waals surface area contributed by atoms with Crippen LogP contribution >= 0.6 is 35.0 Å². The van der Waals surface area contributed by atoms with Crippen LogP contribution in [-0.4, -0.2) is 142 Å². The van der Waals surface area contributed by atoms with Crippen LogP contribution < -0.4 is 24.9 Å². The maximum absolute atomic E-state index is 14.1. The Hall–Kier alpha value is -3.15. The zero-order chi connectivity index (χ0) is 38.7. The molecule has 3 heterocycles. The number of carbonyl (C=O) groups is 1. The average molecular weight is 819 g/mol. The molecule has 1 saturated heterocycles. The average Bonchev–Trinajstić information content (AvgIpc) is 3.94. The van der Waals surface area contributed by atoms with Crippen molar-refractivity contribution in [3.8, 4) is 0 Å². The first-order valence-electron chi connectivity index (χ1n) is 19.2. The molecule has 0 radical (unpaired) electrons. The molecule has 55 heavy (non-hydrogen) atoms. The highest BCUT2D eigenvalue weighted by molar-refractivity contribution is 7.99. The lowest BCUT2D eigenvalue weighted by Crippen LogP contribution is -2.52. The van der Waals surface area contributed by atoms with Crippen LogP contribution in [0, 0.1) is 0 Å². The minimum Gasteiger partial charge on any atom is -0.395 e. The summed E-state index contributed by atoms with van der Waals surface area (Å²) in [7, 11) is 0. The molecule has 0 bridgehead atoms. The van der Waals surface area contributed by atoms with Crippen molar-refractivity contribution < 1.29 is 25.2 Å². The molecule has 1 amide bonds. The van der Waals surface area contributed by atoms with Gasteiger partial charge < -0.3 is 45.3 Å². The van der Waals surface area contributed by atoms with Gasteiger partial charge in [-0.15, -0.1) is 11.8 Å². The van der Waals surface area contributed by atoms with E-state index in [1.807, 2.05) is 23.1 Å². The number of hydrogen-bond donors (Lipinski definition) is 5. The largest absolute Gasteiger partial charge is 0.395 e. The number of aliphatic hydroxyl groups is 4. The number of rotatable bonds is 21. The summed E-state index contributed by atoms with van der Waals surface area (Å²) in [6, 6.07) is 12.6. The van der Waals surface area contributed by atoms with Crippen molar-refractivity contribution in [3.05, 3.63) is 57.6 Å². The summed E-state index contributed by atoms with van der Waals surface area (Å²) in [5, 5.41) is 42.8.